The van der Waals surface area contributed by atoms with Crippen LogP contribution >= 0.6 is 23.1 Å². The van der Waals surface area contributed by atoms with Gasteiger partial charge in [-0.1, -0.05) is 54.6 Å². The molecule has 256 valence electrons. The minimum atomic E-state index is -0.648. The molecular weight excluding hydrogens is 685 g/mol. The first-order valence-electron chi connectivity index (χ1n) is 15.6. The Morgan fingerprint density at radius 1 is 0.824 bits per heavy atom. The lowest BCUT2D eigenvalue weighted by atomic mass is 10.1. The lowest BCUT2D eigenvalue weighted by Crippen LogP contribution is -2.30. The van der Waals surface area contributed by atoms with Crippen molar-refractivity contribution in [3.8, 4) is 22.8 Å². The zero-order chi connectivity index (χ0) is 35.6. The van der Waals surface area contributed by atoms with Crippen LogP contribution in [0.1, 0.15) is 26.9 Å². The van der Waals surface area contributed by atoms with E-state index in [4.69, 9.17) is 13.9 Å². The number of methoxy groups -OCH3 is 2. The van der Waals surface area contributed by atoms with Crippen molar-refractivity contribution < 1.29 is 28.3 Å². The van der Waals surface area contributed by atoms with Crippen molar-refractivity contribution in [2.24, 2.45) is 0 Å². The van der Waals surface area contributed by atoms with Crippen molar-refractivity contribution in [2.75, 3.05) is 24.9 Å². The number of aromatic nitrogens is 1. The minimum Gasteiger partial charge on any atom is -0.493 e. The summed E-state index contributed by atoms with van der Waals surface area (Å²) in [5.41, 5.74) is 3.15. The maximum Gasteiger partial charge on any atom is 0.272 e. The summed E-state index contributed by atoms with van der Waals surface area (Å²) in [7, 11) is 3.15. The quantitative estimate of drug-likeness (QED) is 0.0804. The van der Waals surface area contributed by atoms with Gasteiger partial charge in [-0.25, -0.2) is 4.98 Å². The van der Waals surface area contributed by atoms with Gasteiger partial charge in [-0.15, -0.1) is 23.1 Å². The fraction of sp³-hybridized carbons (Fsp3) is 0.0769. The second kappa shape index (κ2) is 16.5. The van der Waals surface area contributed by atoms with Gasteiger partial charge in [0.25, 0.3) is 11.8 Å². The van der Waals surface area contributed by atoms with E-state index in [1.165, 1.54) is 35.4 Å². The molecule has 6 aromatic rings. The van der Waals surface area contributed by atoms with E-state index in [0.717, 1.165) is 16.0 Å². The molecule has 0 bridgehead atoms. The summed E-state index contributed by atoms with van der Waals surface area (Å²) in [5.74, 6) is 0.322. The number of carbonyl (C=O) groups is 3. The number of nitrogens with zero attached hydrogens (tertiary/aromatic N) is 1. The third-order valence-electron chi connectivity index (χ3n) is 7.46. The number of amides is 3. The summed E-state index contributed by atoms with van der Waals surface area (Å²) in [6, 6.07) is 34.1. The Balaban J connectivity index is 1.19. The van der Waals surface area contributed by atoms with Gasteiger partial charge in [0.1, 0.15) is 16.7 Å². The monoisotopic (exact) mass is 716 g/mol. The molecule has 12 heteroatoms. The smallest absolute Gasteiger partial charge is 0.272 e. The minimum absolute atomic E-state index is 0.00528. The molecule has 1 atom stereocenters. The van der Waals surface area contributed by atoms with Gasteiger partial charge in [-0.3, -0.25) is 14.4 Å². The van der Waals surface area contributed by atoms with Gasteiger partial charge in [0, 0.05) is 33.2 Å². The van der Waals surface area contributed by atoms with Crippen LogP contribution in [0.25, 0.3) is 17.3 Å². The Kier molecular flexibility index (Phi) is 11.3. The van der Waals surface area contributed by atoms with Crippen LogP contribution in [0.15, 0.2) is 142 Å². The Morgan fingerprint density at radius 2 is 1.59 bits per heavy atom. The van der Waals surface area contributed by atoms with Crippen LogP contribution in [0.2, 0.25) is 0 Å². The molecule has 0 aliphatic heterocycles. The average molecular weight is 717 g/mol. The molecule has 0 fully saturated rings. The zero-order valence-corrected chi connectivity index (χ0v) is 29.1. The maximum absolute atomic E-state index is 13.8. The van der Waals surface area contributed by atoms with Gasteiger partial charge in [0.05, 0.1) is 26.2 Å². The van der Waals surface area contributed by atoms with Crippen molar-refractivity contribution in [2.45, 2.75) is 10.1 Å². The van der Waals surface area contributed by atoms with Gasteiger partial charge in [-0.2, -0.15) is 0 Å². The van der Waals surface area contributed by atoms with E-state index in [2.05, 4.69) is 20.9 Å². The van der Waals surface area contributed by atoms with Gasteiger partial charge in [0.15, 0.2) is 16.6 Å². The molecule has 4 aromatic carbocycles. The highest BCUT2D eigenvalue weighted by molar-refractivity contribution is 8.00. The van der Waals surface area contributed by atoms with E-state index >= 15 is 0 Å². The van der Waals surface area contributed by atoms with E-state index in [-0.39, 0.29) is 11.6 Å². The molecule has 2 heterocycles. The highest BCUT2D eigenvalue weighted by Crippen LogP contribution is 2.38. The summed E-state index contributed by atoms with van der Waals surface area (Å²) in [5, 5.41) is 10.2. The number of carbonyl (C=O) groups excluding carboxylic acids is 3. The van der Waals surface area contributed by atoms with Crippen LogP contribution in [0.3, 0.4) is 0 Å². The predicted molar refractivity (Wildman–Crippen MR) is 200 cm³/mol. The van der Waals surface area contributed by atoms with Gasteiger partial charge >= 0.3 is 0 Å². The molecule has 1 unspecified atom stereocenters. The van der Waals surface area contributed by atoms with Crippen LogP contribution in [-0.4, -0.2) is 36.9 Å². The summed E-state index contributed by atoms with van der Waals surface area (Å²) in [6.07, 6.45) is 2.94. The fourth-order valence-electron chi connectivity index (χ4n) is 4.97. The van der Waals surface area contributed by atoms with E-state index in [0.29, 0.717) is 39.3 Å². The highest BCUT2D eigenvalue weighted by atomic mass is 32.2. The van der Waals surface area contributed by atoms with Crippen molar-refractivity contribution >= 4 is 57.7 Å². The SMILES string of the molecule is COc1ccc(-c2csc(NC(=O)C(Sc3cccc(NC(=O)/C(=C/c4ccco4)NC(=O)c4ccccc4)c3)c3ccccc3)n2)cc1OC. The summed E-state index contributed by atoms with van der Waals surface area (Å²) in [6.45, 7) is 0. The number of rotatable bonds is 13. The van der Waals surface area contributed by atoms with E-state index in [1.807, 2.05) is 53.9 Å². The standard InChI is InChI=1S/C39H32N4O6S2/c1-47-33-19-18-27(21-34(33)48-2)32-24-50-39(42-32)43-38(46)35(25-11-5-3-6-12-25)51-30-17-9-15-28(22-30)40-37(45)31(23-29-16-10-20-49-29)41-36(44)26-13-7-4-8-14-26/h3-24,35H,1-2H3,(H,40,45)(H,41,44)(H,42,43,46)/b31-23-. The molecule has 51 heavy (non-hydrogen) atoms. The van der Waals surface area contributed by atoms with Crippen molar-refractivity contribution in [3.63, 3.8) is 0 Å². The van der Waals surface area contributed by atoms with Gasteiger partial charge < -0.3 is 29.8 Å². The molecule has 0 aliphatic carbocycles. The number of hydrogen-bond acceptors (Lipinski definition) is 9. The highest BCUT2D eigenvalue weighted by Gasteiger charge is 2.24. The van der Waals surface area contributed by atoms with Crippen LogP contribution in [0.5, 0.6) is 11.5 Å². The summed E-state index contributed by atoms with van der Waals surface area (Å²) in [4.78, 5) is 45.7. The van der Waals surface area contributed by atoms with Crippen LogP contribution in [0.4, 0.5) is 10.8 Å². The molecule has 2 aromatic heterocycles. The molecule has 3 N–H and O–H groups in total. The fourth-order valence-corrected chi connectivity index (χ4v) is 6.78. The lowest BCUT2D eigenvalue weighted by Gasteiger charge is -2.17. The number of ether oxygens (including phenoxy) is 2. The summed E-state index contributed by atoms with van der Waals surface area (Å²) >= 11 is 2.64. The van der Waals surface area contributed by atoms with Crippen molar-refractivity contribution in [1.29, 1.82) is 0 Å². The molecule has 3 amide bonds. The number of thioether (sulfide) groups is 1. The first kappa shape index (κ1) is 34.7. The molecule has 0 saturated carbocycles. The third kappa shape index (κ3) is 8.93. The number of furan rings is 1. The van der Waals surface area contributed by atoms with E-state index in [1.54, 1.807) is 80.9 Å². The number of hydrogen-bond donors (Lipinski definition) is 3. The summed E-state index contributed by atoms with van der Waals surface area (Å²) < 4.78 is 16.2. The Hall–Kier alpha value is -6.11. The van der Waals surface area contributed by atoms with Crippen LogP contribution in [-0.2, 0) is 9.59 Å². The van der Waals surface area contributed by atoms with Gasteiger partial charge in [0.2, 0.25) is 5.91 Å². The topological polar surface area (TPSA) is 132 Å². The van der Waals surface area contributed by atoms with Gasteiger partial charge in [-0.05, 0) is 66.2 Å². The van der Waals surface area contributed by atoms with Crippen LogP contribution in [0, 0.1) is 0 Å². The average Bonchev–Trinajstić information content (AvgIpc) is 3.86. The number of nitrogens with one attached hydrogen (secondary N) is 3. The molecule has 0 radical (unpaired) electrons. The first-order valence-corrected chi connectivity index (χ1v) is 17.4. The van der Waals surface area contributed by atoms with E-state index in [9.17, 15) is 14.4 Å². The number of thiazole rings is 1. The molecule has 10 nitrogen and oxygen atoms in total. The second-order valence-electron chi connectivity index (χ2n) is 10.9. The molecule has 0 spiro atoms. The van der Waals surface area contributed by atoms with Crippen LogP contribution < -0.4 is 25.4 Å². The molecular formula is C39H32N4O6S2. The van der Waals surface area contributed by atoms with Crippen molar-refractivity contribution in [3.05, 3.63) is 149 Å². The predicted octanol–water partition coefficient (Wildman–Crippen LogP) is 8.30. The Labute approximate surface area is 302 Å². The largest absolute Gasteiger partial charge is 0.493 e. The second-order valence-corrected chi connectivity index (χ2v) is 12.9. The third-order valence-corrected chi connectivity index (χ3v) is 9.46. The number of benzene rings is 4. The van der Waals surface area contributed by atoms with E-state index < -0.39 is 17.1 Å². The Bertz CT molecular complexity index is 2150. The zero-order valence-electron chi connectivity index (χ0n) is 27.5. The van der Waals surface area contributed by atoms with Crippen molar-refractivity contribution in [1.82, 2.24) is 10.3 Å². The lowest BCUT2D eigenvalue weighted by molar-refractivity contribution is -0.116. The Morgan fingerprint density at radius 3 is 2.31 bits per heavy atom. The molecule has 6 rings (SSSR count). The normalized spacial score (nSPS) is 11.7. The first-order chi connectivity index (χ1) is 24.9. The molecule has 0 saturated heterocycles. The molecule has 0 aliphatic rings. The maximum atomic E-state index is 13.8. The number of anilines is 2.